The van der Waals surface area contributed by atoms with Crippen LogP contribution in [0.5, 0.6) is 0 Å². The third-order valence-electron chi connectivity index (χ3n) is 5.48. The second-order valence-corrected chi connectivity index (χ2v) is 7.75. The molecule has 2 aliphatic heterocycles. The lowest BCUT2D eigenvalue weighted by Gasteiger charge is -2.21. The maximum Gasteiger partial charge on any atom is 0.490 e. The minimum atomic E-state index is -5.08. The molecular weight excluding hydrogens is 420 g/mol. The van der Waals surface area contributed by atoms with Crippen molar-refractivity contribution in [2.45, 2.75) is 19.6 Å². The normalized spacial score (nSPS) is 20.9. The number of amides is 1. The molecule has 1 aromatic heterocycles. The van der Waals surface area contributed by atoms with Gasteiger partial charge in [0.05, 0.1) is 11.8 Å². The number of furan rings is 1. The Hall–Kier alpha value is -2.88. The average Bonchev–Trinajstić information content (AvgIpc) is 3.35. The molecule has 31 heavy (non-hydrogen) atoms. The summed E-state index contributed by atoms with van der Waals surface area (Å²) in [6, 6.07) is 8.56. The van der Waals surface area contributed by atoms with Crippen LogP contribution in [0.1, 0.15) is 21.7 Å². The van der Waals surface area contributed by atoms with Crippen LogP contribution < -0.4 is 0 Å². The van der Waals surface area contributed by atoms with E-state index in [1.807, 2.05) is 17.9 Å². The van der Waals surface area contributed by atoms with Crippen molar-refractivity contribution in [3.05, 3.63) is 59.3 Å². The first kappa shape index (κ1) is 22.8. The molecule has 0 aliphatic carbocycles. The highest BCUT2D eigenvalue weighted by Gasteiger charge is 2.42. The van der Waals surface area contributed by atoms with Crippen molar-refractivity contribution in [1.29, 1.82) is 0 Å². The van der Waals surface area contributed by atoms with E-state index in [0.29, 0.717) is 23.2 Å². The van der Waals surface area contributed by atoms with Crippen molar-refractivity contribution in [3.63, 3.8) is 0 Å². The number of carboxylic acids is 1. The smallest absolute Gasteiger partial charge is 0.475 e. The van der Waals surface area contributed by atoms with Crippen LogP contribution in [-0.4, -0.2) is 59.1 Å². The molecular formula is C21H22F4N2O4. The van der Waals surface area contributed by atoms with Gasteiger partial charge in [0.15, 0.2) is 0 Å². The van der Waals surface area contributed by atoms with Crippen LogP contribution in [0.2, 0.25) is 0 Å². The molecule has 3 heterocycles. The maximum atomic E-state index is 13.3. The van der Waals surface area contributed by atoms with Gasteiger partial charge in [-0.1, -0.05) is 12.1 Å². The Balaban J connectivity index is 0.000000339. The fourth-order valence-corrected chi connectivity index (χ4v) is 4.06. The minimum Gasteiger partial charge on any atom is -0.475 e. The molecule has 4 rings (SSSR count). The fraction of sp³-hybridized carbons (Fsp3) is 0.429. The lowest BCUT2D eigenvalue weighted by molar-refractivity contribution is -0.192. The molecule has 1 N–H and O–H groups in total. The topological polar surface area (TPSA) is 74.0 Å². The summed E-state index contributed by atoms with van der Waals surface area (Å²) in [6.45, 7) is 6.14. The summed E-state index contributed by atoms with van der Waals surface area (Å²) in [4.78, 5) is 25.8. The van der Waals surface area contributed by atoms with Crippen molar-refractivity contribution >= 4 is 11.9 Å². The zero-order chi connectivity index (χ0) is 22.8. The Labute approximate surface area is 176 Å². The highest BCUT2D eigenvalue weighted by atomic mass is 19.4. The molecule has 2 aromatic rings. The summed E-state index contributed by atoms with van der Waals surface area (Å²) in [6.07, 6.45) is -3.51. The molecule has 2 atom stereocenters. The predicted molar refractivity (Wildman–Crippen MR) is 102 cm³/mol. The molecule has 10 heteroatoms. The van der Waals surface area contributed by atoms with Crippen LogP contribution >= 0.6 is 0 Å². The highest BCUT2D eigenvalue weighted by Crippen LogP contribution is 2.33. The average molecular weight is 442 g/mol. The monoisotopic (exact) mass is 442 g/mol. The van der Waals surface area contributed by atoms with Crippen molar-refractivity contribution in [2.75, 3.05) is 26.2 Å². The standard InChI is InChI=1S/C19H21FN2O2.C2HF3O2/c1-13-18(5-6-24-13)19(23)22-11-15-9-21(10-16(15)12-22)8-14-3-2-4-17(20)7-14;3-2(4,5)1(6)7/h2-7,15-16H,8-12H2,1H3;(H,6,7). The van der Waals surface area contributed by atoms with E-state index in [1.54, 1.807) is 24.5 Å². The number of nitrogens with zero attached hydrogens (tertiary/aromatic N) is 2. The molecule has 2 saturated heterocycles. The van der Waals surface area contributed by atoms with E-state index in [2.05, 4.69) is 4.90 Å². The number of aryl methyl sites for hydroxylation is 1. The third-order valence-corrected chi connectivity index (χ3v) is 5.48. The first-order valence-corrected chi connectivity index (χ1v) is 9.65. The number of aliphatic carboxylic acids is 1. The molecule has 0 spiro atoms. The number of hydrogen-bond donors (Lipinski definition) is 1. The molecule has 0 radical (unpaired) electrons. The molecule has 2 unspecified atom stereocenters. The van der Waals surface area contributed by atoms with Crippen LogP contribution in [0, 0.1) is 24.6 Å². The van der Waals surface area contributed by atoms with Crippen molar-refractivity contribution in [1.82, 2.24) is 9.80 Å². The molecule has 2 fully saturated rings. The number of rotatable bonds is 3. The largest absolute Gasteiger partial charge is 0.490 e. The number of halogens is 4. The number of carbonyl (C=O) groups excluding carboxylic acids is 1. The van der Waals surface area contributed by atoms with E-state index in [4.69, 9.17) is 14.3 Å². The summed E-state index contributed by atoms with van der Waals surface area (Å²) in [5.74, 6) is -1.16. The summed E-state index contributed by atoms with van der Waals surface area (Å²) in [5.41, 5.74) is 1.68. The first-order chi connectivity index (χ1) is 14.5. The Kier molecular flexibility index (Phi) is 6.68. The lowest BCUT2D eigenvalue weighted by atomic mass is 10.0. The van der Waals surface area contributed by atoms with Gasteiger partial charge in [-0.05, 0) is 42.5 Å². The zero-order valence-electron chi connectivity index (χ0n) is 16.7. The van der Waals surface area contributed by atoms with Gasteiger partial charge in [0.2, 0.25) is 0 Å². The summed E-state index contributed by atoms with van der Waals surface area (Å²) >= 11 is 0. The number of alkyl halides is 3. The maximum absolute atomic E-state index is 13.3. The summed E-state index contributed by atoms with van der Waals surface area (Å²) in [5, 5.41) is 7.12. The van der Waals surface area contributed by atoms with Gasteiger partial charge in [-0.3, -0.25) is 9.69 Å². The fourth-order valence-electron chi connectivity index (χ4n) is 4.06. The predicted octanol–water partition coefficient (Wildman–Crippen LogP) is 3.56. The summed E-state index contributed by atoms with van der Waals surface area (Å²) < 4.78 is 50.3. The van der Waals surface area contributed by atoms with Crippen LogP contribution in [0.25, 0.3) is 0 Å². The van der Waals surface area contributed by atoms with Crippen molar-refractivity contribution < 1.29 is 36.7 Å². The van der Waals surface area contributed by atoms with Gasteiger partial charge >= 0.3 is 12.1 Å². The van der Waals surface area contributed by atoms with Crippen LogP contribution in [0.4, 0.5) is 17.6 Å². The van der Waals surface area contributed by atoms with Gasteiger partial charge in [-0.15, -0.1) is 0 Å². The van der Waals surface area contributed by atoms with Crippen LogP contribution in [-0.2, 0) is 11.3 Å². The molecule has 0 bridgehead atoms. The number of carbonyl (C=O) groups is 2. The first-order valence-electron chi connectivity index (χ1n) is 9.65. The number of fused-ring (bicyclic) bond motifs is 1. The highest BCUT2D eigenvalue weighted by molar-refractivity contribution is 5.95. The van der Waals surface area contributed by atoms with Crippen LogP contribution in [0.15, 0.2) is 41.0 Å². The summed E-state index contributed by atoms with van der Waals surface area (Å²) in [7, 11) is 0. The second-order valence-electron chi connectivity index (χ2n) is 7.75. The van der Waals surface area contributed by atoms with Crippen LogP contribution in [0.3, 0.4) is 0 Å². The number of carboxylic acid groups (broad SMARTS) is 1. The van der Waals surface area contributed by atoms with Crippen molar-refractivity contribution in [3.8, 4) is 0 Å². The number of benzene rings is 1. The Morgan fingerprint density at radius 1 is 1.13 bits per heavy atom. The molecule has 6 nitrogen and oxygen atoms in total. The number of likely N-dealkylation sites (tertiary alicyclic amines) is 2. The van der Waals surface area contributed by atoms with E-state index < -0.39 is 12.1 Å². The van der Waals surface area contributed by atoms with Crippen molar-refractivity contribution in [2.24, 2.45) is 11.8 Å². The quantitative estimate of drug-likeness (QED) is 0.736. The zero-order valence-corrected chi connectivity index (χ0v) is 16.7. The Morgan fingerprint density at radius 2 is 1.74 bits per heavy atom. The number of hydrogen-bond acceptors (Lipinski definition) is 4. The van der Waals surface area contributed by atoms with E-state index in [9.17, 15) is 22.4 Å². The lowest BCUT2D eigenvalue weighted by Crippen LogP contribution is -2.33. The van der Waals surface area contributed by atoms with Gasteiger partial charge in [-0.2, -0.15) is 13.2 Å². The Morgan fingerprint density at radius 3 is 2.23 bits per heavy atom. The third kappa shape index (κ3) is 5.63. The van der Waals surface area contributed by atoms with Gasteiger partial charge in [0, 0.05) is 32.7 Å². The van der Waals surface area contributed by atoms with E-state index in [-0.39, 0.29) is 11.7 Å². The molecule has 2 aliphatic rings. The second kappa shape index (κ2) is 9.09. The van der Waals surface area contributed by atoms with E-state index in [0.717, 1.165) is 38.3 Å². The van der Waals surface area contributed by atoms with E-state index >= 15 is 0 Å². The SMILES string of the molecule is Cc1occc1C(=O)N1CC2CN(Cc3cccc(F)c3)CC2C1.O=C(O)C(F)(F)F. The van der Waals surface area contributed by atoms with Gasteiger partial charge < -0.3 is 14.4 Å². The van der Waals surface area contributed by atoms with Gasteiger partial charge in [-0.25, -0.2) is 9.18 Å². The molecule has 168 valence electrons. The Bertz CT molecular complexity index is 929. The molecule has 1 aromatic carbocycles. The van der Waals surface area contributed by atoms with E-state index in [1.165, 1.54) is 6.07 Å². The molecule has 0 saturated carbocycles. The van der Waals surface area contributed by atoms with Gasteiger partial charge in [0.1, 0.15) is 11.6 Å². The van der Waals surface area contributed by atoms with Gasteiger partial charge in [0.25, 0.3) is 5.91 Å². The minimum absolute atomic E-state index is 0.0762. The molecule has 1 amide bonds.